The number of hydrogen-bond donors (Lipinski definition) is 0. The molecule has 6 heteroatoms. The molecule has 98 valence electrons. The maximum absolute atomic E-state index is 11.4. The predicted octanol–water partition coefficient (Wildman–Crippen LogP) is 2.17. The molecule has 1 aromatic heterocycles. The van der Waals surface area contributed by atoms with Gasteiger partial charge in [-0.3, -0.25) is 4.68 Å². The molecule has 4 nitrogen and oxygen atoms in total. The second-order valence-electron chi connectivity index (χ2n) is 4.52. The normalized spacial score (nSPS) is 12.3. The van der Waals surface area contributed by atoms with E-state index < -0.39 is 9.84 Å². The fourth-order valence-electron chi connectivity index (χ4n) is 1.49. The van der Waals surface area contributed by atoms with E-state index in [4.69, 9.17) is 11.6 Å². The smallest absolute Gasteiger partial charge is 0.151 e. The quantitative estimate of drug-likeness (QED) is 0.801. The van der Waals surface area contributed by atoms with E-state index in [0.717, 1.165) is 12.1 Å². The summed E-state index contributed by atoms with van der Waals surface area (Å²) in [5.41, 5.74) is 0.916. The largest absolute Gasteiger partial charge is 0.253 e. The number of hydrogen-bond acceptors (Lipinski definition) is 3. The summed E-state index contributed by atoms with van der Waals surface area (Å²) in [6.45, 7) is 6.18. The van der Waals surface area contributed by atoms with Crippen molar-refractivity contribution in [1.82, 2.24) is 9.78 Å². The molecular formula is C11H19ClN2O2S. The molecule has 0 atom stereocenters. The average Bonchev–Trinajstić information content (AvgIpc) is 2.55. The molecule has 17 heavy (non-hydrogen) atoms. The molecule has 1 rings (SSSR count). The monoisotopic (exact) mass is 278 g/mol. The first-order valence-corrected chi connectivity index (χ1v) is 7.96. The lowest BCUT2D eigenvalue weighted by atomic mass is 10.1. The number of halogens is 1. The van der Waals surface area contributed by atoms with Crippen molar-refractivity contribution in [3.8, 4) is 0 Å². The van der Waals surface area contributed by atoms with Crippen LogP contribution in [0, 0.1) is 5.92 Å². The van der Waals surface area contributed by atoms with Gasteiger partial charge in [0.25, 0.3) is 0 Å². The highest BCUT2D eigenvalue weighted by molar-refractivity contribution is 7.91. The zero-order chi connectivity index (χ0) is 13.1. The zero-order valence-corrected chi connectivity index (χ0v) is 12.1. The Morgan fingerprint density at radius 2 is 2.12 bits per heavy atom. The van der Waals surface area contributed by atoms with Crippen molar-refractivity contribution in [2.75, 3.05) is 11.5 Å². The molecule has 0 aliphatic carbocycles. The lowest BCUT2D eigenvalue weighted by Crippen LogP contribution is -2.15. The molecule has 0 amide bonds. The highest BCUT2D eigenvalue weighted by Gasteiger charge is 2.11. The lowest BCUT2D eigenvalue weighted by molar-refractivity contribution is 0.574. The molecular weight excluding hydrogens is 260 g/mol. The number of rotatable bonds is 6. The predicted molar refractivity (Wildman–Crippen MR) is 70.1 cm³/mol. The average molecular weight is 279 g/mol. The van der Waals surface area contributed by atoms with Crippen molar-refractivity contribution >= 4 is 21.4 Å². The molecule has 0 aliphatic heterocycles. The molecule has 0 aromatic carbocycles. The second-order valence-corrected chi connectivity index (χ2v) is 7.38. The van der Waals surface area contributed by atoms with Crippen molar-refractivity contribution in [3.05, 3.63) is 16.9 Å². The summed E-state index contributed by atoms with van der Waals surface area (Å²) in [5.74, 6) is 0.755. The first-order chi connectivity index (χ1) is 7.84. The summed E-state index contributed by atoms with van der Waals surface area (Å²) in [4.78, 5) is 0. The summed E-state index contributed by atoms with van der Waals surface area (Å²) in [6, 6.07) is 1.81. The summed E-state index contributed by atoms with van der Waals surface area (Å²) in [7, 11) is -2.97. The first-order valence-electron chi connectivity index (χ1n) is 5.76. The third kappa shape index (κ3) is 4.68. The third-order valence-corrected chi connectivity index (χ3v) is 4.44. The van der Waals surface area contributed by atoms with Gasteiger partial charge in [0.15, 0.2) is 9.84 Å². The van der Waals surface area contributed by atoms with E-state index in [9.17, 15) is 8.42 Å². The Bertz CT molecular complexity index is 466. The van der Waals surface area contributed by atoms with Crippen LogP contribution in [-0.4, -0.2) is 29.7 Å². The Morgan fingerprint density at radius 3 is 2.65 bits per heavy atom. The van der Waals surface area contributed by atoms with Gasteiger partial charge in [0.2, 0.25) is 0 Å². The van der Waals surface area contributed by atoms with Crippen molar-refractivity contribution in [1.29, 1.82) is 0 Å². The first kappa shape index (κ1) is 14.5. The van der Waals surface area contributed by atoms with Crippen LogP contribution in [0.25, 0.3) is 0 Å². The SMILES string of the molecule is CCS(=O)(=O)CCn1nc(CC(C)C)cc1Cl. The Balaban J connectivity index is 2.69. The van der Waals surface area contributed by atoms with Gasteiger partial charge in [0.05, 0.1) is 18.0 Å². The summed E-state index contributed by atoms with van der Waals surface area (Å²) < 4.78 is 24.3. The number of aromatic nitrogens is 2. The molecule has 0 bridgehead atoms. The number of aryl methyl sites for hydroxylation is 1. The van der Waals surface area contributed by atoms with Gasteiger partial charge >= 0.3 is 0 Å². The molecule has 0 saturated heterocycles. The summed E-state index contributed by atoms with van der Waals surface area (Å²) >= 11 is 6.01. The van der Waals surface area contributed by atoms with E-state index in [0.29, 0.717) is 17.6 Å². The summed E-state index contributed by atoms with van der Waals surface area (Å²) in [5, 5.41) is 4.81. The Labute approximate surface area is 108 Å². The van der Waals surface area contributed by atoms with Gasteiger partial charge in [-0.1, -0.05) is 32.4 Å². The molecule has 0 aliphatic rings. The van der Waals surface area contributed by atoms with E-state index in [2.05, 4.69) is 18.9 Å². The van der Waals surface area contributed by atoms with Crippen molar-refractivity contribution in [2.24, 2.45) is 5.92 Å². The van der Waals surface area contributed by atoms with E-state index >= 15 is 0 Å². The Hall–Kier alpha value is -0.550. The van der Waals surface area contributed by atoms with E-state index in [1.165, 1.54) is 0 Å². The maximum atomic E-state index is 11.4. The van der Waals surface area contributed by atoms with Gasteiger partial charge in [0, 0.05) is 5.75 Å². The van der Waals surface area contributed by atoms with Crippen LogP contribution in [0.2, 0.25) is 5.15 Å². The third-order valence-electron chi connectivity index (χ3n) is 2.45. The second kappa shape index (κ2) is 5.87. The van der Waals surface area contributed by atoms with Crippen molar-refractivity contribution < 1.29 is 8.42 Å². The molecule has 0 spiro atoms. The van der Waals surface area contributed by atoms with Gasteiger partial charge in [-0.25, -0.2) is 8.42 Å². The van der Waals surface area contributed by atoms with E-state index in [1.807, 2.05) is 0 Å². The summed E-state index contributed by atoms with van der Waals surface area (Å²) in [6.07, 6.45) is 0.854. The maximum Gasteiger partial charge on any atom is 0.151 e. The van der Waals surface area contributed by atoms with Gasteiger partial charge in [-0.15, -0.1) is 0 Å². The Morgan fingerprint density at radius 1 is 1.47 bits per heavy atom. The van der Waals surface area contributed by atoms with Crippen LogP contribution in [-0.2, 0) is 22.8 Å². The molecule has 0 unspecified atom stereocenters. The van der Waals surface area contributed by atoms with Crippen molar-refractivity contribution in [3.63, 3.8) is 0 Å². The van der Waals surface area contributed by atoms with Gasteiger partial charge < -0.3 is 0 Å². The van der Waals surface area contributed by atoms with Gasteiger partial charge in [-0.2, -0.15) is 5.10 Å². The number of sulfone groups is 1. The highest BCUT2D eigenvalue weighted by atomic mass is 35.5. The van der Waals surface area contributed by atoms with Crippen LogP contribution in [0.1, 0.15) is 26.5 Å². The zero-order valence-electron chi connectivity index (χ0n) is 10.5. The Kier molecular flexibility index (Phi) is 5.01. The molecule has 0 fully saturated rings. The molecule has 1 heterocycles. The fraction of sp³-hybridized carbons (Fsp3) is 0.727. The minimum atomic E-state index is -2.97. The van der Waals surface area contributed by atoms with Crippen LogP contribution in [0.15, 0.2) is 6.07 Å². The topological polar surface area (TPSA) is 52.0 Å². The van der Waals surface area contributed by atoms with Crippen LogP contribution in [0.3, 0.4) is 0 Å². The van der Waals surface area contributed by atoms with Crippen LogP contribution >= 0.6 is 11.6 Å². The fourth-order valence-corrected chi connectivity index (χ4v) is 2.48. The molecule has 0 N–H and O–H groups in total. The van der Waals surface area contributed by atoms with E-state index in [-0.39, 0.29) is 11.5 Å². The van der Waals surface area contributed by atoms with Crippen LogP contribution in [0.4, 0.5) is 0 Å². The van der Waals surface area contributed by atoms with Gasteiger partial charge in [0.1, 0.15) is 5.15 Å². The minimum Gasteiger partial charge on any atom is -0.253 e. The highest BCUT2D eigenvalue weighted by Crippen LogP contribution is 2.14. The van der Waals surface area contributed by atoms with Crippen LogP contribution < -0.4 is 0 Å². The lowest BCUT2D eigenvalue weighted by Gasteiger charge is -2.03. The van der Waals surface area contributed by atoms with E-state index in [1.54, 1.807) is 17.7 Å². The van der Waals surface area contributed by atoms with Crippen molar-refractivity contribution in [2.45, 2.75) is 33.7 Å². The van der Waals surface area contributed by atoms with Gasteiger partial charge in [-0.05, 0) is 18.4 Å². The minimum absolute atomic E-state index is 0.0893. The molecule has 0 radical (unpaired) electrons. The number of nitrogens with zero attached hydrogens (tertiary/aromatic N) is 2. The standard InChI is InChI=1S/C11H19ClN2O2S/c1-4-17(15,16)6-5-14-11(12)8-10(13-14)7-9(2)3/h8-9H,4-7H2,1-3H3. The molecule has 0 saturated carbocycles. The van der Waals surface area contributed by atoms with Crippen LogP contribution in [0.5, 0.6) is 0 Å². The molecule has 1 aromatic rings.